The zero-order chi connectivity index (χ0) is 15.6. The van der Waals surface area contributed by atoms with Gasteiger partial charge in [-0.3, -0.25) is 0 Å². The third-order valence-electron chi connectivity index (χ3n) is 3.31. The molecule has 2 aromatic carbocycles. The van der Waals surface area contributed by atoms with E-state index in [-0.39, 0.29) is 5.82 Å². The van der Waals surface area contributed by atoms with Crippen molar-refractivity contribution >= 4 is 5.65 Å². The molecule has 23 heavy (non-hydrogen) atoms. The monoisotopic (exact) mass is 306 g/mol. The molecule has 0 unspecified atom stereocenters. The van der Waals surface area contributed by atoms with Gasteiger partial charge in [-0.05, 0) is 30.3 Å². The van der Waals surface area contributed by atoms with E-state index in [1.807, 2.05) is 30.3 Å². The molecule has 0 aliphatic carbocycles. The molecule has 0 aliphatic heterocycles. The second kappa shape index (κ2) is 5.49. The highest BCUT2D eigenvalue weighted by Gasteiger charge is 2.10. The van der Waals surface area contributed by atoms with Gasteiger partial charge in [0.05, 0.1) is 0 Å². The lowest BCUT2D eigenvalue weighted by Crippen LogP contribution is -1.97. The zero-order valence-corrected chi connectivity index (χ0v) is 11.9. The molecule has 0 aliphatic rings. The summed E-state index contributed by atoms with van der Waals surface area (Å²) >= 11 is 0. The molecule has 4 rings (SSSR count). The summed E-state index contributed by atoms with van der Waals surface area (Å²) in [6, 6.07) is 18.9. The van der Waals surface area contributed by atoms with Crippen LogP contribution in [0.25, 0.3) is 17.0 Å². The van der Waals surface area contributed by atoms with Crippen LogP contribution in [0.4, 0.5) is 4.39 Å². The van der Waals surface area contributed by atoms with Crippen LogP contribution in [0.1, 0.15) is 0 Å². The molecule has 0 saturated carbocycles. The Morgan fingerprint density at radius 1 is 0.826 bits per heavy atom. The van der Waals surface area contributed by atoms with Crippen LogP contribution >= 0.6 is 0 Å². The van der Waals surface area contributed by atoms with Crippen LogP contribution in [0, 0.1) is 5.82 Å². The van der Waals surface area contributed by atoms with Crippen molar-refractivity contribution in [2.75, 3.05) is 0 Å². The van der Waals surface area contributed by atoms with Crippen LogP contribution in [-0.2, 0) is 0 Å². The highest BCUT2D eigenvalue weighted by Crippen LogP contribution is 2.22. The van der Waals surface area contributed by atoms with E-state index in [1.165, 1.54) is 12.1 Å². The third kappa shape index (κ3) is 2.62. The maximum atomic E-state index is 12.9. The predicted molar refractivity (Wildman–Crippen MR) is 82.7 cm³/mol. The molecule has 0 saturated heterocycles. The lowest BCUT2D eigenvalue weighted by molar-refractivity contribution is 0.451. The molecule has 2 aromatic heterocycles. The van der Waals surface area contributed by atoms with Crippen LogP contribution in [0.3, 0.4) is 0 Å². The van der Waals surface area contributed by atoms with Crippen molar-refractivity contribution in [2.24, 2.45) is 0 Å². The van der Waals surface area contributed by atoms with E-state index in [4.69, 9.17) is 4.74 Å². The van der Waals surface area contributed by atoms with Crippen LogP contribution in [0.15, 0.2) is 66.7 Å². The first-order valence-electron chi connectivity index (χ1n) is 7.01. The number of fused-ring (bicyclic) bond motifs is 1. The van der Waals surface area contributed by atoms with Gasteiger partial charge in [0.2, 0.25) is 5.88 Å². The molecule has 5 nitrogen and oxygen atoms in total. The van der Waals surface area contributed by atoms with E-state index >= 15 is 0 Å². The van der Waals surface area contributed by atoms with Gasteiger partial charge >= 0.3 is 0 Å². The summed E-state index contributed by atoms with van der Waals surface area (Å²) in [7, 11) is 0. The Balaban J connectivity index is 1.73. The molecule has 4 aromatic rings. The molecular formula is C17H11FN4O. The summed E-state index contributed by atoms with van der Waals surface area (Å²) < 4.78 is 20.2. The second-order valence-corrected chi connectivity index (χ2v) is 4.89. The predicted octanol–water partition coefficient (Wildman–Crippen LogP) is 3.72. The first-order valence-corrected chi connectivity index (χ1v) is 7.01. The zero-order valence-electron chi connectivity index (χ0n) is 11.9. The standard InChI is InChI=1S/C17H11FN4O/c18-13-6-8-14(9-7-13)23-16-11-10-15-19-20-17(22(15)21-16)12-4-2-1-3-5-12/h1-11H. The molecule has 0 amide bonds. The van der Waals surface area contributed by atoms with Gasteiger partial charge in [-0.1, -0.05) is 30.3 Å². The molecule has 0 N–H and O–H groups in total. The quantitative estimate of drug-likeness (QED) is 0.579. The Kier molecular flexibility index (Phi) is 3.20. The Hall–Kier alpha value is -3.28. The average Bonchev–Trinajstić information content (AvgIpc) is 3.01. The van der Waals surface area contributed by atoms with Crippen molar-refractivity contribution < 1.29 is 9.13 Å². The number of rotatable bonds is 3. The largest absolute Gasteiger partial charge is 0.438 e. The van der Waals surface area contributed by atoms with Gasteiger partial charge in [0.25, 0.3) is 0 Å². The van der Waals surface area contributed by atoms with Gasteiger partial charge in [0.1, 0.15) is 11.6 Å². The normalized spacial score (nSPS) is 10.8. The fourth-order valence-corrected chi connectivity index (χ4v) is 2.22. The molecule has 0 fully saturated rings. The molecule has 2 heterocycles. The van der Waals surface area contributed by atoms with E-state index < -0.39 is 0 Å². The molecule has 112 valence electrons. The van der Waals surface area contributed by atoms with E-state index in [9.17, 15) is 4.39 Å². The summed E-state index contributed by atoms with van der Waals surface area (Å²) in [6.45, 7) is 0. The molecule has 0 radical (unpaired) electrons. The van der Waals surface area contributed by atoms with E-state index in [2.05, 4.69) is 15.3 Å². The summed E-state index contributed by atoms with van der Waals surface area (Å²) in [5, 5.41) is 12.7. The lowest BCUT2D eigenvalue weighted by atomic mass is 10.2. The number of hydrogen-bond donors (Lipinski definition) is 0. The van der Waals surface area contributed by atoms with Gasteiger partial charge < -0.3 is 4.74 Å². The summed E-state index contributed by atoms with van der Waals surface area (Å²) in [5.74, 6) is 1.20. The number of hydrogen-bond acceptors (Lipinski definition) is 4. The maximum Gasteiger partial charge on any atom is 0.237 e. The summed E-state index contributed by atoms with van der Waals surface area (Å²) in [5.41, 5.74) is 1.53. The van der Waals surface area contributed by atoms with Gasteiger partial charge in [-0.15, -0.1) is 15.3 Å². The van der Waals surface area contributed by atoms with Gasteiger partial charge in [0, 0.05) is 11.6 Å². The van der Waals surface area contributed by atoms with E-state index in [0.29, 0.717) is 23.1 Å². The molecular weight excluding hydrogens is 295 g/mol. The summed E-state index contributed by atoms with van der Waals surface area (Å²) in [4.78, 5) is 0. The van der Waals surface area contributed by atoms with E-state index in [0.717, 1.165) is 5.56 Å². The number of halogens is 1. The van der Waals surface area contributed by atoms with Crippen molar-refractivity contribution in [1.29, 1.82) is 0 Å². The number of benzene rings is 2. The van der Waals surface area contributed by atoms with Crippen molar-refractivity contribution in [3.05, 3.63) is 72.5 Å². The SMILES string of the molecule is Fc1ccc(Oc2ccc3nnc(-c4ccccc4)n3n2)cc1. The minimum atomic E-state index is -0.314. The van der Waals surface area contributed by atoms with Crippen molar-refractivity contribution in [2.45, 2.75) is 0 Å². The molecule has 0 atom stereocenters. The number of nitrogens with zero attached hydrogens (tertiary/aromatic N) is 4. The Morgan fingerprint density at radius 3 is 2.39 bits per heavy atom. The lowest BCUT2D eigenvalue weighted by Gasteiger charge is -2.05. The van der Waals surface area contributed by atoms with Gasteiger partial charge in [-0.25, -0.2) is 4.39 Å². The Labute approximate surface area is 131 Å². The van der Waals surface area contributed by atoms with E-state index in [1.54, 1.807) is 28.8 Å². The van der Waals surface area contributed by atoms with Crippen molar-refractivity contribution in [3.63, 3.8) is 0 Å². The Bertz CT molecular complexity index is 951. The smallest absolute Gasteiger partial charge is 0.237 e. The van der Waals surface area contributed by atoms with Gasteiger partial charge in [-0.2, -0.15) is 4.52 Å². The minimum absolute atomic E-state index is 0.314. The first-order chi connectivity index (χ1) is 11.3. The summed E-state index contributed by atoms with van der Waals surface area (Å²) in [6.07, 6.45) is 0. The van der Waals surface area contributed by atoms with Gasteiger partial charge in [0.15, 0.2) is 11.5 Å². The number of aromatic nitrogens is 4. The fourth-order valence-electron chi connectivity index (χ4n) is 2.22. The molecule has 6 heteroatoms. The highest BCUT2D eigenvalue weighted by atomic mass is 19.1. The minimum Gasteiger partial charge on any atom is -0.438 e. The van der Waals surface area contributed by atoms with Crippen molar-refractivity contribution in [1.82, 2.24) is 19.8 Å². The van der Waals surface area contributed by atoms with Crippen LogP contribution in [-0.4, -0.2) is 19.8 Å². The molecule has 0 bridgehead atoms. The highest BCUT2D eigenvalue weighted by molar-refractivity contribution is 5.58. The van der Waals surface area contributed by atoms with Crippen LogP contribution in [0.5, 0.6) is 11.6 Å². The fraction of sp³-hybridized carbons (Fsp3) is 0. The molecule has 0 spiro atoms. The second-order valence-electron chi connectivity index (χ2n) is 4.89. The topological polar surface area (TPSA) is 52.3 Å². The Morgan fingerprint density at radius 2 is 1.61 bits per heavy atom. The third-order valence-corrected chi connectivity index (χ3v) is 3.31. The first kappa shape index (κ1) is 13.4. The number of ether oxygens (including phenoxy) is 1. The maximum absolute atomic E-state index is 12.9. The van der Waals surface area contributed by atoms with Crippen molar-refractivity contribution in [3.8, 4) is 23.0 Å². The average molecular weight is 306 g/mol. The van der Waals surface area contributed by atoms with Crippen LogP contribution < -0.4 is 4.74 Å². The van der Waals surface area contributed by atoms with Crippen LogP contribution in [0.2, 0.25) is 0 Å².